The third kappa shape index (κ3) is 3.78. The van der Waals surface area contributed by atoms with Gasteiger partial charge in [-0.1, -0.05) is 0 Å². The fourth-order valence-corrected chi connectivity index (χ4v) is 2.29. The van der Waals surface area contributed by atoms with Gasteiger partial charge in [-0.25, -0.2) is 4.79 Å². The van der Waals surface area contributed by atoms with Crippen molar-refractivity contribution in [1.29, 1.82) is 5.26 Å². The third-order valence-corrected chi connectivity index (χ3v) is 3.54. The van der Waals surface area contributed by atoms with Crippen molar-refractivity contribution < 1.29 is 9.53 Å². The molecule has 0 aromatic carbocycles. The number of hydrogen-bond acceptors (Lipinski definition) is 3. The third-order valence-electron chi connectivity index (χ3n) is 3.27. The summed E-state index contributed by atoms with van der Waals surface area (Å²) in [5.41, 5.74) is -0.294. The van der Waals surface area contributed by atoms with Gasteiger partial charge in [0, 0.05) is 19.0 Å². The number of piperidine rings is 1. The Labute approximate surface area is 107 Å². The Morgan fingerprint density at radius 1 is 1.53 bits per heavy atom. The minimum Gasteiger partial charge on any atom is -0.450 e. The molecule has 1 aliphatic heterocycles. The Kier molecular flexibility index (Phi) is 5.57. The van der Waals surface area contributed by atoms with Crippen LogP contribution in [0.5, 0.6) is 0 Å². The second kappa shape index (κ2) is 6.70. The Balaban J connectivity index is 2.48. The Morgan fingerprint density at radius 2 is 2.18 bits per heavy atom. The number of ether oxygens (including phenoxy) is 1. The zero-order valence-electron chi connectivity index (χ0n) is 10.2. The first-order valence-electron chi connectivity index (χ1n) is 6.06. The van der Waals surface area contributed by atoms with Gasteiger partial charge in [-0.2, -0.15) is 5.26 Å². The van der Waals surface area contributed by atoms with E-state index in [2.05, 4.69) is 6.07 Å². The molecule has 17 heavy (non-hydrogen) atoms. The van der Waals surface area contributed by atoms with Crippen molar-refractivity contribution in [3.05, 3.63) is 0 Å². The SMILES string of the molecule is CCOC(=O)N1CCC(C#N)(CCCCl)CC1. The van der Waals surface area contributed by atoms with Crippen LogP contribution in [0.25, 0.3) is 0 Å². The van der Waals surface area contributed by atoms with E-state index < -0.39 is 0 Å². The van der Waals surface area contributed by atoms with Gasteiger partial charge in [-0.3, -0.25) is 0 Å². The Bertz CT molecular complexity index is 293. The van der Waals surface area contributed by atoms with Crippen LogP contribution < -0.4 is 0 Å². The molecule has 1 saturated heterocycles. The maximum absolute atomic E-state index is 11.5. The van der Waals surface area contributed by atoms with Crippen LogP contribution >= 0.6 is 11.6 Å². The first-order valence-corrected chi connectivity index (χ1v) is 6.60. The molecule has 0 spiro atoms. The molecule has 0 aliphatic carbocycles. The fraction of sp³-hybridized carbons (Fsp3) is 0.833. The van der Waals surface area contributed by atoms with E-state index in [0.29, 0.717) is 25.6 Å². The Hall–Kier alpha value is -0.950. The van der Waals surface area contributed by atoms with Crippen molar-refractivity contribution in [2.75, 3.05) is 25.6 Å². The average Bonchev–Trinajstić information content (AvgIpc) is 2.37. The number of carbonyl (C=O) groups excluding carboxylic acids is 1. The van der Waals surface area contributed by atoms with Crippen LogP contribution in [0, 0.1) is 16.7 Å². The highest BCUT2D eigenvalue weighted by molar-refractivity contribution is 6.17. The van der Waals surface area contributed by atoms with Crippen LogP contribution in [0.3, 0.4) is 0 Å². The number of alkyl halides is 1. The summed E-state index contributed by atoms with van der Waals surface area (Å²) in [6, 6.07) is 2.41. The van der Waals surface area contributed by atoms with E-state index in [-0.39, 0.29) is 11.5 Å². The smallest absolute Gasteiger partial charge is 0.409 e. The lowest BCUT2D eigenvalue weighted by Crippen LogP contribution is -2.43. The van der Waals surface area contributed by atoms with Crippen molar-refractivity contribution >= 4 is 17.7 Å². The van der Waals surface area contributed by atoms with Crippen LogP contribution in [0.15, 0.2) is 0 Å². The molecular formula is C12H19ClN2O2. The maximum atomic E-state index is 11.5. The first-order chi connectivity index (χ1) is 8.17. The molecule has 0 unspecified atom stereocenters. The summed E-state index contributed by atoms with van der Waals surface area (Å²) >= 11 is 5.67. The maximum Gasteiger partial charge on any atom is 0.409 e. The van der Waals surface area contributed by atoms with Crippen LogP contribution in [0.1, 0.15) is 32.6 Å². The molecule has 0 aromatic heterocycles. The van der Waals surface area contributed by atoms with E-state index in [0.717, 1.165) is 25.7 Å². The number of amides is 1. The zero-order valence-corrected chi connectivity index (χ0v) is 11.0. The molecule has 1 aliphatic rings. The van der Waals surface area contributed by atoms with Gasteiger partial charge in [-0.05, 0) is 32.6 Å². The number of carbonyl (C=O) groups is 1. The summed E-state index contributed by atoms with van der Waals surface area (Å²) in [5.74, 6) is 0.588. The van der Waals surface area contributed by atoms with Gasteiger partial charge < -0.3 is 9.64 Å². The molecule has 96 valence electrons. The molecule has 1 amide bonds. The van der Waals surface area contributed by atoms with E-state index in [9.17, 15) is 10.1 Å². The number of nitrogens with zero attached hydrogens (tertiary/aromatic N) is 2. The van der Waals surface area contributed by atoms with Crippen LogP contribution in [-0.4, -0.2) is 36.6 Å². The van der Waals surface area contributed by atoms with Gasteiger partial charge in [-0.15, -0.1) is 11.6 Å². The molecule has 1 fully saturated rings. The molecule has 0 saturated carbocycles. The molecule has 4 nitrogen and oxygen atoms in total. The van der Waals surface area contributed by atoms with Crippen LogP contribution in [0.2, 0.25) is 0 Å². The molecule has 0 radical (unpaired) electrons. The molecule has 0 aromatic rings. The quantitative estimate of drug-likeness (QED) is 0.729. The lowest BCUT2D eigenvalue weighted by molar-refractivity contribution is 0.0802. The van der Waals surface area contributed by atoms with E-state index in [4.69, 9.17) is 16.3 Å². The topological polar surface area (TPSA) is 53.3 Å². The average molecular weight is 259 g/mol. The lowest BCUT2D eigenvalue weighted by atomic mass is 9.76. The molecular weight excluding hydrogens is 240 g/mol. The van der Waals surface area contributed by atoms with Crippen LogP contribution in [-0.2, 0) is 4.74 Å². The monoisotopic (exact) mass is 258 g/mol. The molecule has 1 rings (SSSR count). The molecule has 0 atom stereocenters. The van der Waals surface area contributed by atoms with Crippen molar-refractivity contribution in [1.82, 2.24) is 4.90 Å². The predicted octanol–water partition coefficient (Wildman–Crippen LogP) is 2.77. The largest absolute Gasteiger partial charge is 0.450 e. The predicted molar refractivity (Wildman–Crippen MR) is 65.8 cm³/mol. The second-order valence-electron chi connectivity index (χ2n) is 4.37. The normalized spacial score (nSPS) is 18.5. The van der Waals surface area contributed by atoms with Gasteiger partial charge in [0.15, 0.2) is 0 Å². The van der Waals surface area contributed by atoms with Gasteiger partial charge >= 0.3 is 6.09 Å². The van der Waals surface area contributed by atoms with E-state index >= 15 is 0 Å². The summed E-state index contributed by atoms with van der Waals surface area (Å²) in [7, 11) is 0. The summed E-state index contributed by atoms with van der Waals surface area (Å²) in [4.78, 5) is 13.2. The molecule has 0 bridgehead atoms. The number of halogens is 1. The number of likely N-dealkylation sites (tertiary alicyclic amines) is 1. The van der Waals surface area contributed by atoms with Crippen LogP contribution in [0.4, 0.5) is 4.79 Å². The zero-order chi connectivity index (χ0) is 12.7. The van der Waals surface area contributed by atoms with E-state index in [1.165, 1.54) is 0 Å². The van der Waals surface area contributed by atoms with Gasteiger partial charge in [0.05, 0.1) is 18.1 Å². The van der Waals surface area contributed by atoms with Crippen molar-refractivity contribution in [3.63, 3.8) is 0 Å². The van der Waals surface area contributed by atoms with Gasteiger partial charge in [0.2, 0.25) is 0 Å². The van der Waals surface area contributed by atoms with E-state index in [1.807, 2.05) is 0 Å². The van der Waals surface area contributed by atoms with E-state index in [1.54, 1.807) is 11.8 Å². The van der Waals surface area contributed by atoms with Crippen molar-refractivity contribution in [2.45, 2.75) is 32.6 Å². The second-order valence-corrected chi connectivity index (χ2v) is 4.75. The number of hydrogen-bond donors (Lipinski definition) is 0. The van der Waals surface area contributed by atoms with Gasteiger partial charge in [0.25, 0.3) is 0 Å². The highest BCUT2D eigenvalue weighted by Gasteiger charge is 2.35. The molecule has 1 heterocycles. The highest BCUT2D eigenvalue weighted by atomic mass is 35.5. The van der Waals surface area contributed by atoms with Crippen molar-refractivity contribution in [2.24, 2.45) is 5.41 Å². The summed E-state index contributed by atoms with van der Waals surface area (Å²) < 4.78 is 4.95. The minimum atomic E-state index is -0.294. The number of rotatable bonds is 4. The molecule has 0 N–H and O–H groups in total. The summed E-state index contributed by atoms with van der Waals surface area (Å²) in [5, 5.41) is 9.27. The number of nitriles is 1. The van der Waals surface area contributed by atoms with Gasteiger partial charge in [0.1, 0.15) is 0 Å². The fourth-order valence-electron chi connectivity index (χ4n) is 2.15. The summed E-state index contributed by atoms with van der Waals surface area (Å²) in [6.07, 6.45) is 2.85. The first kappa shape index (κ1) is 14.1. The van der Waals surface area contributed by atoms with Crippen molar-refractivity contribution in [3.8, 4) is 6.07 Å². The standard InChI is InChI=1S/C12H19ClN2O2/c1-2-17-11(16)15-8-5-12(10-14,6-9-15)4-3-7-13/h2-9H2,1H3. The summed E-state index contributed by atoms with van der Waals surface area (Å²) in [6.45, 7) is 3.40. The Morgan fingerprint density at radius 3 is 2.65 bits per heavy atom. The lowest BCUT2D eigenvalue weighted by Gasteiger charge is -2.36. The highest BCUT2D eigenvalue weighted by Crippen LogP contribution is 2.35. The molecule has 5 heteroatoms. The minimum absolute atomic E-state index is 0.267.